The van der Waals surface area contributed by atoms with Crippen LogP contribution in [0.4, 0.5) is 11.4 Å². The van der Waals surface area contributed by atoms with Gasteiger partial charge in [0.15, 0.2) is 5.17 Å². The molecule has 0 spiro atoms. The number of aryl methyl sites for hydroxylation is 1. The Morgan fingerprint density at radius 3 is 2.77 bits per heavy atom. The van der Waals surface area contributed by atoms with Crippen molar-refractivity contribution in [1.29, 1.82) is 0 Å². The van der Waals surface area contributed by atoms with Gasteiger partial charge in [-0.25, -0.2) is 4.99 Å². The van der Waals surface area contributed by atoms with Crippen molar-refractivity contribution in [3.8, 4) is 0 Å². The first-order valence-electron chi connectivity index (χ1n) is 7.34. The maximum Gasteiger partial charge on any atom is 0.272 e. The van der Waals surface area contributed by atoms with Gasteiger partial charge in [-0.2, -0.15) is 0 Å². The summed E-state index contributed by atoms with van der Waals surface area (Å²) in [6.07, 6.45) is 1.58. The zero-order chi connectivity index (χ0) is 18.8. The highest BCUT2D eigenvalue weighted by Crippen LogP contribution is 2.34. The molecule has 26 heavy (non-hydrogen) atoms. The predicted molar refractivity (Wildman–Crippen MR) is 105 cm³/mol. The van der Waals surface area contributed by atoms with Crippen LogP contribution in [-0.2, 0) is 4.79 Å². The number of aliphatic imine (C=N–C) groups is 1. The Morgan fingerprint density at radius 1 is 1.27 bits per heavy atom. The number of hydrogen-bond donors (Lipinski definition) is 1. The van der Waals surface area contributed by atoms with E-state index in [-0.39, 0.29) is 11.6 Å². The van der Waals surface area contributed by atoms with Crippen molar-refractivity contribution in [3.63, 3.8) is 0 Å². The summed E-state index contributed by atoms with van der Waals surface area (Å²) in [5.74, 6) is -0.338. The summed E-state index contributed by atoms with van der Waals surface area (Å²) in [7, 11) is 0. The quantitative estimate of drug-likeness (QED) is 0.435. The molecular weight excluding hydrogens is 397 g/mol. The maximum atomic E-state index is 12.1. The first-order chi connectivity index (χ1) is 12.3. The molecule has 1 saturated heterocycles. The van der Waals surface area contributed by atoms with Gasteiger partial charge >= 0.3 is 0 Å². The van der Waals surface area contributed by atoms with Gasteiger partial charge in [0.1, 0.15) is 0 Å². The normalized spacial score (nSPS) is 17.0. The molecule has 0 unspecified atom stereocenters. The number of rotatable bonds is 3. The van der Waals surface area contributed by atoms with E-state index in [0.717, 1.165) is 11.8 Å². The fraction of sp³-hybridized carbons (Fsp3) is 0.0588. The van der Waals surface area contributed by atoms with Crippen LogP contribution in [0, 0.1) is 17.0 Å². The summed E-state index contributed by atoms with van der Waals surface area (Å²) >= 11 is 13.2. The molecule has 1 amide bonds. The fourth-order valence-electron chi connectivity index (χ4n) is 2.23. The zero-order valence-corrected chi connectivity index (χ0v) is 15.7. The van der Waals surface area contributed by atoms with Crippen molar-refractivity contribution in [2.75, 3.05) is 0 Å². The highest BCUT2D eigenvalue weighted by molar-refractivity contribution is 8.18. The van der Waals surface area contributed by atoms with Crippen molar-refractivity contribution in [2.24, 2.45) is 4.99 Å². The number of nitrogens with one attached hydrogen (secondary N) is 1. The second-order valence-corrected chi connectivity index (χ2v) is 7.17. The van der Waals surface area contributed by atoms with E-state index in [1.54, 1.807) is 43.3 Å². The van der Waals surface area contributed by atoms with E-state index in [1.807, 2.05) is 0 Å². The molecule has 1 fully saturated rings. The lowest BCUT2D eigenvalue weighted by molar-refractivity contribution is -0.385. The number of nitrogens with zero attached hydrogens (tertiary/aromatic N) is 2. The second kappa shape index (κ2) is 7.49. The highest BCUT2D eigenvalue weighted by atomic mass is 35.5. The summed E-state index contributed by atoms with van der Waals surface area (Å²) < 4.78 is 0. The van der Waals surface area contributed by atoms with E-state index < -0.39 is 4.92 Å². The minimum atomic E-state index is -0.451. The molecule has 1 N–H and O–H groups in total. The van der Waals surface area contributed by atoms with Gasteiger partial charge in [-0.05, 0) is 42.5 Å². The number of amidine groups is 1. The van der Waals surface area contributed by atoms with E-state index >= 15 is 0 Å². The minimum absolute atomic E-state index is 0.00218. The van der Waals surface area contributed by atoms with E-state index in [0.29, 0.717) is 36.9 Å². The summed E-state index contributed by atoms with van der Waals surface area (Å²) in [6.45, 7) is 1.66. The van der Waals surface area contributed by atoms with Crippen LogP contribution in [0.1, 0.15) is 11.1 Å². The van der Waals surface area contributed by atoms with Crippen LogP contribution in [0.3, 0.4) is 0 Å². The standard InChI is InChI=1S/C17H11Cl2N3O3S/c1-9-5-6-10(7-13(9)22(24)25)8-14-16(23)21-17(26-14)20-12-4-2-3-11(18)15(12)19/h2-8H,1H3,(H,20,21,23)/b14-8-. The SMILES string of the molecule is Cc1ccc(/C=C2\SC(=Nc3cccc(Cl)c3Cl)NC2=O)cc1[N+](=O)[O-]. The van der Waals surface area contributed by atoms with Gasteiger partial charge in [0.25, 0.3) is 11.6 Å². The van der Waals surface area contributed by atoms with Crippen molar-refractivity contribution < 1.29 is 9.72 Å². The van der Waals surface area contributed by atoms with E-state index in [2.05, 4.69) is 10.3 Å². The lowest BCUT2D eigenvalue weighted by atomic mass is 10.1. The number of halogens is 2. The van der Waals surface area contributed by atoms with Gasteiger partial charge in [-0.15, -0.1) is 0 Å². The van der Waals surface area contributed by atoms with Crippen LogP contribution in [0.25, 0.3) is 6.08 Å². The molecule has 0 aromatic heterocycles. The average molecular weight is 408 g/mol. The average Bonchev–Trinajstić information content (AvgIpc) is 2.93. The number of nitro benzene ring substituents is 1. The molecular formula is C17H11Cl2N3O3S. The van der Waals surface area contributed by atoms with Gasteiger partial charge in [-0.1, -0.05) is 41.4 Å². The van der Waals surface area contributed by atoms with Gasteiger partial charge < -0.3 is 5.32 Å². The molecule has 0 bridgehead atoms. The van der Waals surface area contributed by atoms with Crippen LogP contribution in [-0.4, -0.2) is 16.0 Å². The molecule has 0 radical (unpaired) electrons. The third-order valence-corrected chi connectivity index (χ3v) is 5.25. The zero-order valence-electron chi connectivity index (χ0n) is 13.3. The van der Waals surface area contributed by atoms with Gasteiger partial charge in [-0.3, -0.25) is 14.9 Å². The third-order valence-electron chi connectivity index (χ3n) is 3.53. The summed E-state index contributed by atoms with van der Waals surface area (Å²) in [4.78, 5) is 27.4. The number of benzene rings is 2. The number of carbonyl (C=O) groups excluding carboxylic acids is 1. The van der Waals surface area contributed by atoms with E-state index in [9.17, 15) is 14.9 Å². The molecule has 132 valence electrons. The summed E-state index contributed by atoms with van der Waals surface area (Å²) in [6, 6.07) is 9.81. The second-order valence-electron chi connectivity index (χ2n) is 5.36. The lowest BCUT2D eigenvalue weighted by Gasteiger charge is -2.01. The molecule has 0 atom stereocenters. The topological polar surface area (TPSA) is 84.6 Å². The molecule has 9 heteroatoms. The number of hydrogen-bond acceptors (Lipinski definition) is 5. The van der Waals surface area contributed by atoms with Crippen molar-refractivity contribution >= 4 is 63.5 Å². The van der Waals surface area contributed by atoms with Crippen LogP contribution in [0.5, 0.6) is 0 Å². The van der Waals surface area contributed by atoms with Gasteiger partial charge in [0.05, 0.1) is 25.6 Å². The van der Waals surface area contributed by atoms with Gasteiger partial charge in [0.2, 0.25) is 0 Å². The van der Waals surface area contributed by atoms with Gasteiger partial charge in [0, 0.05) is 11.6 Å². The minimum Gasteiger partial charge on any atom is -0.300 e. The Hall–Kier alpha value is -2.35. The number of carbonyl (C=O) groups is 1. The summed E-state index contributed by atoms with van der Waals surface area (Å²) in [5, 5.41) is 14.7. The first kappa shape index (κ1) is 18.4. The Labute approximate surface area is 163 Å². The monoisotopic (exact) mass is 407 g/mol. The highest BCUT2D eigenvalue weighted by Gasteiger charge is 2.24. The number of nitro groups is 1. The van der Waals surface area contributed by atoms with Crippen LogP contribution in [0.15, 0.2) is 46.3 Å². The first-order valence-corrected chi connectivity index (χ1v) is 8.91. The largest absolute Gasteiger partial charge is 0.300 e. The molecule has 6 nitrogen and oxygen atoms in total. The Morgan fingerprint density at radius 2 is 2.04 bits per heavy atom. The smallest absolute Gasteiger partial charge is 0.272 e. The predicted octanol–water partition coefficient (Wildman–Crippen LogP) is 5.10. The van der Waals surface area contributed by atoms with E-state index in [4.69, 9.17) is 23.2 Å². The fourth-order valence-corrected chi connectivity index (χ4v) is 3.41. The van der Waals surface area contributed by atoms with Crippen molar-refractivity contribution in [2.45, 2.75) is 6.92 Å². The maximum absolute atomic E-state index is 12.1. The number of amides is 1. The Balaban J connectivity index is 1.89. The van der Waals surface area contributed by atoms with Crippen molar-refractivity contribution in [3.05, 3.63) is 72.6 Å². The Bertz CT molecular complexity index is 989. The molecule has 2 aromatic carbocycles. The molecule has 0 saturated carbocycles. The molecule has 0 aliphatic carbocycles. The van der Waals surface area contributed by atoms with Crippen molar-refractivity contribution in [1.82, 2.24) is 5.32 Å². The molecule has 2 aromatic rings. The molecule has 1 aliphatic rings. The van der Waals surface area contributed by atoms with E-state index in [1.165, 1.54) is 6.07 Å². The molecule has 1 heterocycles. The summed E-state index contributed by atoms with van der Waals surface area (Å²) in [5.41, 5.74) is 1.55. The number of thioether (sulfide) groups is 1. The Kier molecular flexibility index (Phi) is 5.31. The van der Waals surface area contributed by atoms with Crippen LogP contribution >= 0.6 is 35.0 Å². The lowest BCUT2D eigenvalue weighted by Crippen LogP contribution is -2.19. The molecule has 1 aliphatic heterocycles. The third kappa shape index (κ3) is 3.90. The van der Waals surface area contributed by atoms with Crippen LogP contribution in [0.2, 0.25) is 10.0 Å². The van der Waals surface area contributed by atoms with Crippen LogP contribution < -0.4 is 5.32 Å². The molecule has 3 rings (SSSR count).